The van der Waals surface area contributed by atoms with Crippen molar-refractivity contribution in [1.82, 2.24) is 10.3 Å². The van der Waals surface area contributed by atoms with Crippen LogP contribution in [0, 0.1) is 0 Å². The molecule has 0 aliphatic carbocycles. The molecular weight excluding hydrogens is 290 g/mol. The second kappa shape index (κ2) is 7.30. The Morgan fingerprint density at radius 2 is 2.13 bits per heavy atom. The number of pyridine rings is 1. The number of piperidine rings is 1. The highest BCUT2D eigenvalue weighted by Gasteiger charge is 2.30. The van der Waals surface area contributed by atoms with Crippen LogP contribution in [-0.4, -0.2) is 29.3 Å². The minimum atomic E-state index is -0.526. The molecule has 1 aromatic heterocycles. The molecule has 5 nitrogen and oxygen atoms in total. The van der Waals surface area contributed by atoms with Crippen molar-refractivity contribution in [3.63, 3.8) is 0 Å². The fourth-order valence-corrected chi connectivity index (χ4v) is 2.85. The van der Waals surface area contributed by atoms with Crippen LogP contribution in [0.15, 0.2) is 18.3 Å². The van der Waals surface area contributed by atoms with Crippen molar-refractivity contribution in [2.75, 3.05) is 11.4 Å². The van der Waals surface area contributed by atoms with Crippen LogP contribution < -0.4 is 10.2 Å². The Morgan fingerprint density at radius 1 is 1.39 bits per heavy atom. The Kier molecular flexibility index (Phi) is 5.63. The van der Waals surface area contributed by atoms with E-state index in [4.69, 9.17) is 4.74 Å². The van der Waals surface area contributed by atoms with Gasteiger partial charge in [-0.3, -0.25) is 4.90 Å². The summed E-state index contributed by atoms with van der Waals surface area (Å²) in [5, 5.41) is 3.54. The molecule has 1 saturated heterocycles. The summed E-state index contributed by atoms with van der Waals surface area (Å²) in [6.07, 6.45) is 4.86. The van der Waals surface area contributed by atoms with Crippen molar-refractivity contribution in [1.29, 1.82) is 0 Å². The van der Waals surface area contributed by atoms with Gasteiger partial charge in [-0.05, 0) is 60.1 Å². The molecule has 0 unspecified atom stereocenters. The minimum absolute atomic E-state index is 0.0258. The standard InChI is InChI=1S/C18H29N3O2/c1-13(2)21(17(22)23-18(3,4)5)16-14(9-8-12-20-16)15-10-6-7-11-19-15/h8-9,12-13,15,19H,6-7,10-11H2,1-5H3/t15-/m1/s1. The zero-order valence-corrected chi connectivity index (χ0v) is 14.9. The lowest BCUT2D eigenvalue weighted by Crippen LogP contribution is -2.42. The average molecular weight is 319 g/mol. The number of carbonyl (C=O) groups is 1. The summed E-state index contributed by atoms with van der Waals surface area (Å²) < 4.78 is 5.58. The van der Waals surface area contributed by atoms with E-state index in [9.17, 15) is 4.79 Å². The van der Waals surface area contributed by atoms with Crippen LogP contribution in [0.2, 0.25) is 0 Å². The number of carbonyl (C=O) groups excluding carboxylic acids is 1. The smallest absolute Gasteiger partial charge is 0.416 e. The third-order valence-corrected chi connectivity index (χ3v) is 3.84. The molecule has 128 valence electrons. The van der Waals surface area contributed by atoms with Gasteiger partial charge in [0, 0.05) is 23.8 Å². The van der Waals surface area contributed by atoms with E-state index in [-0.39, 0.29) is 18.2 Å². The fraction of sp³-hybridized carbons (Fsp3) is 0.667. The van der Waals surface area contributed by atoms with E-state index in [1.165, 1.54) is 12.8 Å². The first-order valence-electron chi connectivity index (χ1n) is 8.50. The fourth-order valence-electron chi connectivity index (χ4n) is 2.85. The summed E-state index contributed by atoms with van der Waals surface area (Å²) in [6.45, 7) is 10.6. The molecular formula is C18H29N3O2. The molecule has 23 heavy (non-hydrogen) atoms. The highest BCUT2D eigenvalue weighted by Crippen LogP contribution is 2.31. The summed E-state index contributed by atoms with van der Waals surface area (Å²) in [5.74, 6) is 0.705. The topological polar surface area (TPSA) is 54.5 Å². The van der Waals surface area contributed by atoms with Gasteiger partial charge in [-0.2, -0.15) is 0 Å². The molecule has 0 spiro atoms. The Bertz CT molecular complexity index is 531. The van der Waals surface area contributed by atoms with Crippen molar-refractivity contribution >= 4 is 11.9 Å². The maximum Gasteiger partial charge on any atom is 0.416 e. The molecule has 1 aromatic rings. The van der Waals surface area contributed by atoms with Crippen LogP contribution in [0.1, 0.15) is 65.5 Å². The number of rotatable bonds is 3. The number of anilines is 1. The van der Waals surface area contributed by atoms with Gasteiger partial charge >= 0.3 is 6.09 Å². The van der Waals surface area contributed by atoms with Gasteiger partial charge in [0.2, 0.25) is 0 Å². The molecule has 1 aliphatic rings. The van der Waals surface area contributed by atoms with Crippen molar-refractivity contribution in [3.8, 4) is 0 Å². The average Bonchev–Trinajstić information content (AvgIpc) is 2.46. The van der Waals surface area contributed by atoms with Gasteiger partial charge in [0.05, 0.1) is 0 Å². The lowest BCUT2D eigenvalue weighted by Gasteiger charge is -2.33. The third-order valence-electron chi connectivity index (χ3n) is 3.84. The van der Waals surface area contributed by atoms with E-state index in [0.29, 0.717) is 5.82 Å². The Labute approximate surface area is 139 Å². The largest absolute Gasteiger partial charge is 0.443 e. The SMILES string of the molecule is CC(C)N(C(=O)OC(C)(C)C)c1ncccc1[C@H]1CCCCN1. The van der Waals surface area contributed by atoms with Gasteiger partial charge in [0.1, 0.15) is 11.4 Å². The molecule has 0 saturated carbocycles. The summed E-state index contributed by atoms with van der Waals surface area (Å²) in [5.41, 5.74) is 0.550. The van der Waals surface area contributed by atoms with Crippen LogP contribution in [0.25, 0.3) is 0 Å². The molecule has 1 N–H and O–H groups in total. The van der Waals surface area contributed by atoms with E-state index in [2.05, 4.69) is 16.4 Å². The first kappa shape index (κ1) is 17.7. The predicted octanol–water partition coefficient (Wildman–Crippen LogP) is 4.05. The molecule has 2 rings (SSSR count). The number of amides is 1. The third kappa shape index (κ3) is 4.67. The van der Waals surface area contributed by atoms with E-state index in [0.717, 1.165) is 18.5 Å². The predicted molar refractivity (Wildman–Crippen MR) is 92.7 cm³/mol. The van der Waals surface area contributed by atoms with Gasteiger partial charge in [0.25, 0.3) is 0 Å². The van der Waals surface area contributed by atoms with Crippen LogP contribution in [0.4, 0.5) is 10.6 Å². The number of hydrogen-bond acceptors (Lipinski definition) is 4. The van der Waals surface area contributed by atoms with Crippen LogP contribution >= 0.6 is 0 Å². The lowest BCUT2D eigenvalue weighted by atomic mass is 9.97. The molecule has 1 fully saturated rings. The van der Waals surface area contributed by atoms with Crippen LogP contribution in [0.3, 0.4) is 0 Å². The molecule has 5 heteroatoms. The van der Waals surface area contributed by atoms with Crippen LogP contribution in [0.5, 0.6) is 0 Å². The first-order chi connectivity index (χ1) is 10.8. The Morgan fingerprint density at radius 3 is 2.70 bits per heavy atom. The van der Waals surface area contributed by atoms with Gasteiger partial charge in [-0.25, -0.2) is 9.78 Å². The number of nitrogens with one attached hydrogen (secondary N) is 1. The minimum Gasteiger partial charge on any atom is -0.443 e. The van der Waals surface area contributed by atoms with Gasteiger partial charge in [0.15, 0.2) is 0 Å². The zero-order valence-electron chi connectivity index (χ0n) is 14.9. The number of nitrogens with zero attached hydrogens (tertiary/aromatic N) is 2. The monoisotopic (exact) mass is 319 g/mol. The Hall–Kier alpha value is -1.62. The summed E-state index contributed by atoms with van der Waals surface area (Å²) >= 11 is 0. The normalized spacial score (nSPS) is 18.8. The first-order valence-corrected chi connectivity index (χ1v) is 8.50. The Balaban J connectivity index is 2.34. The van der Waals surface area contributed by atoms with Crippen molar-refractivity contribution in [2.24, 2.45) is 0 Å². The molecule has 0 aromatic carbocycles. The highest BCUT2D eigenvalue weighted by molar-refractivity contribution is 5.88. The number of aromatic nitrogens is 1. The molecule has 1 atom stereocenters. The molecule has 0 radical (unpaired) electrons. The summed E-state index contributed by atoms with van der Waals surface area (Å²) in [6, 6.07) is 4.21. The molecule has 1 amide bonds. The lowest BCUT2D eigenvalue weighted by molar-refractivity contribution is 0.0568. The second-order valence-corrected chi connectivity index (χ2v) is 7.36. The number of hydrogen-bond donors (Lipinski definition) is 1. The second-order valence-electron chi connectivity index (χ2n) is 7.36. The molecule has 0 bridgehead atoms. The quantitative estimate of drug-likeness (QED) is 0.913. The molecule has 1 aliphatic heterocycles. The summed E-state index contributed by atoms with van der Waals surface area (Å²) in [7, 11) is 0. The van der Waals surface area contributed by atoms with Gasteiger partial charge in [-0.1, -0.05) is 12.5 Å². The number of ether oxygens (including phenoxy) is 1. The maximum absolute atomic E-state index is 12.7. The van der Waals surface area contributed by atoms with E-state index >= 15 is 0 Å². The van der Waals surface area contributed by atoms with E-state index in [1.54, 1.807) is 11.1 Å². The molecule has 2 heterocycles. The maximum atomic E-state index is 12.7. The van der Waals surface area contributed by atoms with E-state index in [1.807, 2.05) is 40.7 Å². The van der Waals surface area contributed by atoms with E-state index < -0.39 is 5.60 Å². The van der Waals surface area contributed by atoms with Crippen molar-refractivity contribution < 1.29 is 9.53 Å². The van der Waals surface area contributed by atoms with Gasteiger partial charge < -0.3 is 10.1 Å². The highest BCUT2D eigenvalue weighted by atomic mass is 16.6. The van der Waals surface area contributed by atoms with Gasteiger partial charge in [-0.15, -0.1) is 0 Å². The van der Waals surface area contributed by atoms with Crippen LogP contribution in [-0.2, 0) is 4.74 Å². The zero-order chi connectivity index (χ0) is 17.0. The van der Waals surface area contributed by atoms with Crippen molar-refractivity contribution in [3.05, 3.63) is 23.9 Å². The summed E-state index contributed by atoms with van der Waals surface area (Å²) in [4.78, 5) is 18.9. The van der Waals surface area contributed by atoms with Crippen molar-refractivity contribution in [2.45, 2.75) is 71.6 Å².